The van der Waals surface area contributed by atoms with Crippen molar-refractivity contribution in [1.82, 2.24) is 0 Å². The number of ether oxygens (including phenoxy) is 2. The van der Waals surface area contributed by atoms with Gasteiger partial charge in [0.2, 0.25) is 11.8 Å². The van der Waals surface area contributed by atoms with Gasteiger partial charge >= 0.3 is 11.9 Å². The maximum Gasteiger partial charge on any atom is 0.353 e. The molecule has 1 aliphatic carbocycles. The first-order valence-corrected chi connectivity index (χ1v) is 14.9. The van der Waals surface area contributed by atoms with Gasteiger partial charge in [-0.05, 0) is 84.7 Å². The number of fused-ring (bicyclic) bond motifs is 1. The number of thiophene rings is 1. The summed E-state index contributed by atoms with van der Waals surface area (Å²) in [5.74, 6) is -2.44. The van der Waals surface area contributed by atoms with Gasteiger partial charge in [-0.3, -0.25) is 19.3 Å². The standard InChI is InChI=1S/C34H27NO7S/c36-29(22-11-14-26(15-12-22)42-34(40)30-10-5-17-43-30)20-41-33(39)24-8-4-9-25(18-24)35-31(37)27-16-13-23(19-28(27)32(35)38)21-6-2-1-3-7-21/h1-12,14-15,17-18,23,27-28H,13,16,19-20H2/t23-,27+,28-/m1/s1. The molecule has 3 atom stereocenters. The zero-order valence-electron chi connectivity index (χ0n) is 23.0. The van der Waals surface area contributed by atoms with Gasteiger partial charge in [0.05, 0.1) is 23.1 Å². The number of ketones is 1. The highest BCUT2D eigenvalue weighted by Crippen LogP contribution is 2.45. The molecule has 0 unspecified atom stereocenters. The fraction of sp³-hybridized carbons (Fsp3) is 0.206. The Kier molecular flexibility index (Phi) is 7.98. The minimum absolute atomic E-state index is 0.124. The van der Waals surface area contributed by atoms with Gasteiger partial charge < -0.3 is 9.47 Å². The van der Waals surface area contributed by atoms with E-state index >= 15 is 0 Å². The van der Waals surface area contributed by atoms with E-state index < -0.39 is 30.2 Å². The monoisotopic (exact) mass is 593 g/mol. The number of nitrogens with zero attached hydrogens (tertiary/aromatic N) is 1. The zero-order chi connectivity index (χ0) is 29.9. The molecule has 1 aromatic heterocycles. The minimum Gasteiger partial charge on any atom is -0.454 e. The van der Waals surface area contributed by atoms with Gasteiger partial charge in [-0.15, -0.1) is 11.3 Å². The Hall–Kier alpha value is -4.89. The predicted octanol–water partition coefficient (Wildman–Crippen LogP) is 6.08. The van der Waals surface area contributed by atoms with E-state index in [0.29, 0.717) is 23.4 Å². The molecule has 8 nitrogen and oxygen atoms in total. The fourth-order valence-electron chi connectivity index (χ4n) is 5.79. The SMILES string of the molecule is O=C(COC(=O)c1cccc(N2C(=O)[C@H]3CC[C@@H](c4ccccc4)C[C@H]3C2=O)c1)c1ccc(OC(=O)c2cccs2)cc1. The Morgan fingerprint density at radius 1 is 0.767 bits per heavy atom. The van der Waals surface area contributed by atoms with E-state index in [2.05, 4.69) is 12.1 Å². The predicted molar refractivity (Wildman–Crippen MR) is 159 cm³/mol. The highest BCUT2D eigenvalue weighted by atomic mass is 32.1. The van der Waals surface area contributed by atoms with Crippen LogP contribution in [-0.2, 0) is 14.3 Å². The van der Waals surface area contributed by atoms with Gasteiger partial charge in [0.25, 0.3) is 0 Å². The number of rotatable bonds is 8. The fourth-order valence-corrected chi connectivity index (χ4v) is 6.39. The summed E-state index contributed by atoms with van der Waals surface area (Å²) in [4.78, 5) is 66.0. The molecule has 0 spiro atoms. The lowest BCUT2D eigenvalue weighted by atomic mass is 9.73. The second kappa shape index (κ2) is 12.1. The molecular formula is C34H27NO7S. The Bertz CT molecular complexity index is 1680. The van der Waals surface area contributed by atoms with Crippen LogP contribution >= 0.6 is 11.3 Å². The largest absolute Gasteiger partial charge is 0.454 e. The third-order valence-electron chi connectivity index (χ3n) is 7.98. The average molecular weight is 594 g/mol. The molecular weight excluding hydrogens is 566 g/mol. The van der Waals surface area contributed by atoms with Crippen LogP contribution < -0.4 is 9.64 Å². The molecule has 2 heterocycles. The van der Waals surface area contributed by atoms with Crippen molar-refractivity contribution in [3.8, 4) is 5.75 Å². The first kappa shape index (κ1) is 28.2. The molecule has 0 bridgehead atoms. The van der Waals surface area contributed by atoms with Gasteiger partial charge in [0.1, 0.15) is 10.6 Å². The summed E-state index contributed by atoms with van der Waals surface area (Å²) in [5.41, 5.74) is 1.89. The molecule has 4 aromatic rings. The van der Waals surface area contributed by atoms with E-state index in [1.54, 1.807) is 29.6 Å². The summed E-state index contributed by atoms with van der Waals surface area (Å²) in [6.07, 6.45) is 2.08. The maximum atomic E-state index is 13.4. The van der Waals surface area contributed by atoms with Crippen LogP contribution in [-0.4, -0.2) is 36.1 Å². The molecule has 1 saturated carbocycles. The van der Waals surface area contributed by atoms with Crippen molar-refractivity contribution in [3.63, 3.8) is 0 Å². The molecule has 2 aliphatic rings. The van der Waals surface area contributed by atoms with E-state index in [9.17, 15) is 24.0 Å². The van der Waals surface area contributed by atoms with Crippen LogP contribution in [0.4, 0.5) is 5.69 Å². The first-order valence-electron chi connectivity index (χ1n) is 14.0. The quantitative estimate of drug-likeness (QED) is 0.105. The molecule has 9 heteroatoms. The number of hydrogen-bond acceptors (Lipinski definition) is 8. The molecule has 3 aromatic carbocycles. The summed E-state index contributed by atoms with van der Waals surface area (Å²) in [5, 5.41) is 1.77. The lowest BCUT2D eigenvalue weighted by Crippen LogP contribution is -2.31. The number of esters is 2. The summed E-state index contributed by atoms with van der Waals surface area (Å²) in [6.45, 7) is -0.510. The van der Waals surface area contributed by atoms with Gasteiger partial charge in [0, 0.05) is 5.56 Å². The molecule has 2 fully saturated rings. The number of carbonyl (C=O) groups excluding carboxylic acids is 5. The van der Waals surface area contributed by atoms with Crippen molar-refractivity contribution >= 4 is 46.6 Å². The second-order valence-corrected chi connectivity index (χ2v) is 11.5. The van der Waals surface area contributed by atoms with Crippen molar-refractivity contribution in [2.24, 2.45) is 11.8 Å². The number of carbonyl (C=O) groups is 5. The second-order valence-electron chi connectivity index (χ2n) is 10.6. The van der Waals surface area contributed by atoms with Crippen molar-refractivity contribution in [3.05, 3.63) is 118 Å². The van der Waals surface area contributed by atoms with Crippen LogP contribution in [0, 0.1) is 11.8 Å². The number of amides is 2. The Morgan fingerprint density at radius 3 is 2.28 bits per heavy atom. The van der Waals surface area contributed by atoms with Crippen molar-refractivity contribution in [2.75, 3.05) is 11.5 Å². The molecule has 0 radical (unpaired) electrons. The van der Waals surface area contributed by atoms with Crippen LogP contribution in [0.25, 0.3) is 0 Å². The smallest absolute Gasteiger partial charge is 0.353 e. The van der Waals surface area contributed by atoms with E-state index in [1.807, 2.05) is 18.2 Å². The van der Waals surface area contributed by atoms with Crippen molar-refractivity contribution < 1.29 is 33.4 Å². The minimum atomic E-state index is -0.752. The molecule has 1 saturated heterocycles. The highest BCUT2D eigenvalue weighted by molar-refractivity contribution is 7.12. The van der Waals surface area contributed by atoms with Crippen LogP contribution in [0.15, 0.2) is 96.4 Å². The Balaban J connectivity index is 1.07. The van der Waals surface area contributed by atoms with Gasteiger partial charge in [-0.25, -0.2) is 9.59 Å². The third-order valence-corrected chi connectivity index (χ3v) is 8.83. The third kappa shape index (κ3) is 5.89. The molecule has 1 aliphatic heterocycles. The molecule has 2 amide bonds. The van der Waals surface area contributed by atoms with Crippen LogP contribution in [0.2, 0.25) is 0 Å². The van der Waals surface area contributed by atoms with Crippen LogP contribution in [0.3, 0.4) is 0 Å². The van der Waals surface area contributed by atoms with Gasteiger partial charge in [-0.1, -0.05) is 42.5 Å². The highest BCUT2D eigenvalue weighted by Gasteiger charge is 2.50. The number of Topliss-reactive ketones (excluding diaryl/α,β-unsaturated/α-hetero) is 1. The Labute approximate surface area is 251 Å². The lowest BCUT2D eigenvalue weighted by Gasteiger charge is -2.28. The Morgan fingerprint density at radius 2 is 1.53 bits per heavy atom. The van der Waals surface area contributed by atoms with E-state index in [1.165, 1.54) is 58.2 Å². The summed E-state index contributed by atoms with van der Waals surface area (Å²) in [6, 6.07) is 25.6. The van der Waals surface area contributed by atoms with Gasteiger partial charge in [-0.2, -0.15) is 0 Å². The van der Waals surface area contributed by atoms with Crippen molar-refractivity contribution in [1.29, 1.82) is 0 Å². The number of anilines is 1. The molecule has 43 heavy (non-hydrogen) atoms. The van der Waals surface area contributed by atoms with E-state index in [0.717, 1.165) is 6.42 Å². The molecule has 0 N–H and O–H groups in total. The van der Waals surface area contributed by atoms with Crippen LogP contribution in [0.5, 0.6) is 5.75 Å². The summed E-state index contributed by atoms with van der Waals surface area (Å²) < 4.78 is 10.6. The maximum absolute atomic E-state index is 13.4. The summed E-state index contributed by atoms with van der Waals surface area (Å²) >= 11 is 1.26. The normalized spacial score (nSPS) is 19.5. The molecule has 216 valence electrons. The summed E-state index contributed by atoms with van der Waals surface area (Å²) in [7, 11) is 0. The molecule has 6 rings (SSSR count). The topological polar surface area (TPSA) is 107 Å². The lowest BCUT2D eigenvalue weighted by molar-refractivity contribution is -0.122. The van der Waals surface area contributed by atoms with Crippen LogP contribution in [0.1, 0.15) is 61.1 Å². The zero-order valence-corrected chi connectivity index (χ0v) is 23.8. The van der Waals surface area contributed by atoms with Gasteiger partial charge in [0.15, 0.2) is 12.4 Å². The average Bonchev–Trinajstić information content (AvgIpc) is 3.67. The first-order chi connectivity index (χ1) is 20.9. The number of imide groups is 1. The van der Waals surface area contributed by atoms with E-state index in [4.69, 9.17) is 9.47 Å². The van der Waals surface area contributed by atoms with E-state index in [-0.39, 0.29) is 40.5 Å². The van der Waals surface area contributed by atoms with Crippen molar-refractivity contribution in [2.45, 2.75) is 25.2 Å². The number of hydrogen-bond donors (Lipinski definition) is 0. The number of benzene rings is 3.